The molecule has 0 atom stereocenters. The Morgan fingerprint density at radius 2 is 1.92 bits per heavy atom. The highest BCUT2D eigenvalue weighted by Gasteiger charge is 2.22. The fraction of sp³-hybridized carbons (Fsp3) is 0.579. The van der Waals surface area contributed by atoms with Crippen molar-refractivity contribution in [1.82, 2.24) is 4.90 Å². The number of hydrogen-bond donors (Lipinski definition) is 1. The fourth-order valence-electron chi connectivity index (χ4n) is 3.31. The smallest absolute Gasteiger partial charge is 0.226 e. The van der Waals surface area contributed by atoms with E-state index in [0.717, 1.165) is 12.8 Å². The lowest BCUT2D eigenvalue weighted by Gasteiger charge is -2.30. The Labute approximate surface area is 144 Å². The summed E-state index contributed by atoms with van der Waals surface area (Å²) in [5, 5.41) is 2.87. The minimum absolute atomic E-state index is 0.0658. The van der Waals surface area contributed by atoms with E-state index in [-0.39, 0.29) is 17.9 Å². The van der Waals surface area contributed by atoms with Gasteiger partial charge in [-0.1, -0.05) is 31.7 Å². The number of anilines is 1. The molecular weight excluding hydrogens is 304 g/mol. The molecule has 0 spiro atoms. The third-order valence-electron chi connectivity index (χ3n) is 4.60. The van der Waals surface area contributed by atoms with Gasteiger partial charge in [0.15, 0.2) is 0 Å². The molecule has 1 fully saturated rings. The molecule has 0 aromatic heterocycles. The van der Waals surface area contributed by atoms with Crippen molar-refractivity contribution in [3.8, 4) is 5.75 Å². The zero-order chi connectivity index (χ0) is 17.4. The van der Waals surface area contributed by atoms with Gasteiger partial charge in [0, 0.05) is 37.7 Å². The summed E-state index contributed by atoms with van der Waals surface area (Å²) in [7, 11) is 1.60. The Balaban J connectivity index is 1.88. The number of amides is 2. The zero-order valence-corrected chi connectivity index (χ0v) is 14.7. The minimum Gasteiger partial charge on any atom is -0.497 e. The molecule has 1 aromatic carbocycles. The average Bonchev–Trinajstić information content (AvgIpc) is 2.84. The second kappa shape index (κ2) is 9.30. The van der Waals surface area contributed by atoms with Gasteiger partial charge in [-0.25, -0.2) is 0 Å². The number of rotatable bonds is 6. The Bertz CT molecular complexity index is 551. The maximum Gasteiger partial charge on any atom is 0.226 e. The number of nitrogens with one attached hydrogen (secondary N) is 1. The summed E-state index contributed by atoms with van der Waals surface area (Å²) in [5.41, 5.74) is 0.711. The number of carbonyl (C=O) groups is 2. The van der Waals surface area contributed by atoms with Crippen molar-refractivity contribution < 1.29 is 14.3 Å². The van der Waals surface area contributed by atoms with Crippen LogP contribution in [0, 0.1) is 0 Å². The van der Waals surface area contributed by atoms with Crippen LogP contribution in [0.3, 0.4) is 0 Å². The van der Waals surface area contributed by atoms with Crippen LogP contribution >= 0.6 is 0 Å². The first kappa shape index (κ1) is 18.3. The SMILES string of the molecule is COc1cccc(NC(=O)CCN(C(C)=O)C2CCCCCC2)c1. The van der Waals surface area contributed by atoms with Crippen LogP contribution in [0.25, 0.3) is 0 Å². The molecule has 0 aliphatic heterocycles. The monoisotopic (exact) mass is 332 g/mol. The van der Waals surface area contributed by atoms with Gasteiger partial charge in [0.1, 0.15) is 5.75 Å². The van der Waals surface area contributed by atoms with Gasteiger partial charge < -0.3 is 15.0 Å². The molecule has 1 aromatic rings. The van der Waals surface area contributed by atoms with Crippen LogP contribution in [0.4, 0.5) is 5.69 Å². The van der Waals surface area contributed by atoms with Gasteiger partial charge in [-0.2, -0.15) is 0 Å². The molecule has 1 N–H and O–H groups in total. The third-order valence-corrected chi connectivity index (χ3v) is 4.60. The van der Waals surface area contributed by atoms with E-state index >= 15 is 0 Å². The summed E-state index contributed by atoms with van der Waals surface area (Å²) >= 11 is 0. The molecule has 1 aliphatic rings. The number of nitrogens with zero attached hydrogens (tertiary/aromatic N) is 1. The van der Waals surface area contributed by atoms with Crippen molar-refractivity contribution >= 4 is 17.5 Å². The molecule has 2 amide bonds. The molecule has 0 saturated heterocycles. The van der Waals surface area contributed by atoms with Gasteiger partial charge in [-0.05, 0) is 25.0 Å². The summed E-state index contributed by atoms with van der Waals surface area (Å²) in [6.45, 7) is 2.08. The van der Waals surface area contributed by atoms with Gasteiger partial charge in [0.25, 0.3) is 0 Å². The van der Waals surface area contributed by atoms with Crippen molar-refractivity contribution in [1.29, 1.82) is 0 Å². The van der Waals surface area contributed by atoms with E-state index in [1.54, 1.807) is 20.1 Å². The van der Waals surface area contributed by atoms with Crippen LogP contribution in [0.1, 0.15) is 51.9 Å². The van der Waals surface area contributed by atoms with Crippen molar-refractivity contribution in [3.63, 3.8) is 0 Å². The van der Waals surface area contributed by atoms with Gasteiger partial charge in [-0.15, -0.1) is 0 Å². The molecule has 5 heteroatoms. The van der Waals surface area contributed by atoms with E-state index in [1.807, 2.05) is 23.1 Å². The third kappa shape index (κ3) is 5.55. The highest BCUT2D eigenvalue weighted by Crippen LogP contribution is 2.22. The second-order valence-corrected chi connectivity index (χ2v) is 6.39. The number of benzene rings is 1. The molecule has 1 aliphatic carbocycles. The molecule has 132 valence electrons. The predicted octanol–water partition coefficient (Wildman–Crippen LogP) is 3.60. The van der Waals surface area contributed by atoms with Crippen LogP contribution in [-0.4, -0.2) is 36.4 Å². The van der Waals surface area contributed by atoms with E-state index in [4.69, 9.17) is 4.74 Å². The summed E-state index contributed by atoms with van der Waals surface area (Å²) in [5.74, 6) is 0.691. The Morgan fingerprint density at radius 3 is 2.54 bits per heavy atom. The largest absolute Gasteiger partial charge is 0.497 e. The number of carbonyl (C=O) groups excluding carboxylic acids is 2. The van der Waals surface area contributed by atoms with Crippen LogP contribution in [0.5, 0.6) is 5.75 Å². The molecular formula is C19H28N2O3. The normalized spacial score (nSPS) is 15.4. The molecule has 1 saturated carbocycles. The Hall–Kier alpha value is -2.04. The maximum absolute atomic E-state index is 12.2. The zero-order valence-electron chi connectivity index (χ0n) is 14.7. The first-order chi connectivity index (χ1) is 11.6. The van der Waals surface area contributed by atoms with Crippen molar-refractivity contribution in [2.24, 2.45) is 0 Å². The van der Waals surface area contributed by atoms with Crippen LogP contribution in [-0.2, 0) is 9.59 Å². The minimum atomic E-state index is -0.0804. The standard InChI is InChI=1S/C19H28N2O3/c1-15(22)21(17-9-5-3-4-6-10-17)13-12-19(23)20-16-8-7-11-18(14-16)24-2/h7-8,11,14,17H,3-6,9-10,12-13H2,1-2H3,(H,20,23). The first-order valence-electron chi connectivity index (χ1n) is 8.81. The first-order valence-corrected chi connectivity index (χ1v) is 8.81. The lowest BCUT2D eigenvalue weighted by Crippen LogP contribution is -2.40. The number of hydrogen-bond acceptors (Lipinski definition) is 3. The summed E-state index contributed by atoms with van der Waals surface area (Å²) in [6.07, 6.45) is 7.26. The predicted molar refractivity (Wildman–Crippen MR) is 95.1 cm³/mol. The van der Waals surface area contributed by atoms with Crippen LogP contribution in [0.15, 0.2) is 24.3 Å². The fourth-order valence-corrected chi connectivity index (χ4v) is 3.31. The molecule has 0 heterocycles. The highest BCUT2D eigenvalue weighted by atomic mass is 16.5. The number of ether oxygens (including phenoxy) is 1. The average molecular weight is 332 g/mol. The van der Waals surface area contributed by atoms with E-state index in [0.29, 0.717) is 24.4 Å². The van der Waals surface area contributed by atoms with E-state index in [9.17, 15) is 9.59 Å². The molecule has 5 nitrogen and oxygen atoms in total. The Morgan fingerprint density at radius 1 is 1.21 bits per heavy atom. The van der Waals surface area contributed by atoms with Gasteiger partial charge >= 0.3 is 0 Å². The van der Waals surface area contributed by atoms with E-state index in [2.05, 4.69) is 5.32 Å². The van der Waals surface area contributed by atoms with Crippen LogP contribution in [0.2, 0.25) is 0 Å². The van der Waals surface area contributed by atoms with Gasteiger partial charge in [0.05, 0.1) is 7.11 Å². The van der Waals surface area contributed by atoms with Crippen LogP contribution < -0.4 is 10.1 Å². The second-order valence-electron chi connectivity index (χ2n) is 6.39. The maximum atomic E-state index is 12.2. The summed E-state index contributed by atoms with van der Waals surface area (Å²) < 4.78 is 5.15. The van der Waals surface area contributed by atoms with Gasteiger partial charge in [0.2, 0.25) is 11.8 Å². The summed E-state index contributed by atoms with van der Waals surface area (Å²) in [6, 6.07) is 7.57. The molecule has 2 rings (SSSR count). The van der Waals surface area contributed by atoms with Crippen molar-refractivity contribution in [2.75, 3.05) is 19.0 Å². The van der Waals surface area contributed by atoms with Crippen molar-refractivity contribution in [3.05, 3.63) is 24.3 Å². The van der Waals surface area contributed by atoms with Crippen molar-refractivity contribution in [2.45, 2.75) is 57.9 Å². The van der Waals surface area contributed by atoms with Gasteiger partial charge in [-0.3, -0.25) is 9.59 Å². The molecule has 0 unspecified atom stereocenters. The lowest BCUT2D eigenvalue weighted by atomic mass is 10.1. The number of methoxy groups -OCH3 is 1. The summed E-state index contributed by atoms with van der Waals surface area (Å²) in [4.78, 5) is 26.1. The Kier molecular flexibility index (Phi) is 7.09. The van der Waals surface area contributed by atoms with E-state index < -0.39 is 0 Å². The topological polar surface area (TPSA) is 58.6 Å². The quantitative estimate of drug-likeness (QED) is 0.810. The van der Waals surface area contributed by atoms with E-state index in [1.165, 1.54) is 25.7 Å². The lowest BCUT2D eigenvalue weighted by molar-refractivity contribution is -0.131. The highest BCUT2D eigenvalue weighted by molar-refractivity contribution is 5.91. The molecule has 0 bridgehead atoms. The molecule has 0 radical (unpaired) electrons. The molecule has 24 heavy (non-hydrogen) atoms.